The van der Waals surface area contributed by atoms with Crippen molar-refractivity contribution in [2.45, 2.75) is 11.3 Å². The largest absolute Gasteiger partial charge is 0.478 e. The van der Waals surface area contributed by atoms with E-state index in [1.54, 1.807) is 0 Å². The second-order valence-electron chi connectivity index (χ2n) is 4.63. The summed E-state index contributed by atoms with van der Waals surface area (Å²) in [4.78, 5) is 12.9. The summed E-state index contributed by atoms with van der Waals surface area (Å²) in [7, 11) is 0.0116. The molecule has 0 unspecified atom stereocenters. The van der Waals surface area contributed by atoms with Crippen LogP contribution in [0.5, 0.6) is 0 Å². The van der Waals surface area contributed by atoms with Gasteiger partial charge in [-0.1, -0.05) is 11.6 Å². The molecule has 0 atom stereocenters. The van der Waals surface area contributed by atoms with Crippen molar-refractivity contribution < 1.29 is 18.3 Å². The molecule has 0 heterocycles. The SMILES string of the molecule is CN(C)CCCNS(=O)(=O)c1cc(Br)c(Cl)c(C(=O)O)c1. The average molecular weight is 400 g/mol. The van der Waals surface area contributed by atoms with E-state index in [1.807, 2.05) is 19.0 Å². The van der Waals surface area contributed by atoms with Gasteiger partial charge in [0.2, 0.25) is 10.0 Å². The molecule has 0 saturated heterocycles. The van der Waals surface area contributed by atoms with Crippen molar-refractivity contribution in [1.29, 1.82) is 0 Å². The molecule has 0 aliphatic rings. The van der Waals surface area contributed by atoms with Crippen molar-refractivity contribution in [3.05, 3.63) is 27.2 Å². The van der Waals surface area contributed by atoms with E-state index >= 15 is 0 Å². The average Bonchev–Trinajstić information content (AvgIpc) is 2.37. The molecule has 0 amide bonds. The highest BCUT2D eigenvalue weighted by atomic mass is 79.9. The van der Waals surface area contributed by atoms with Crippen LogP contribution < -0.4 is 4.72 Å². The lowest BCUT2D eigenvalue weighted by atomic mass is 10.2. The predicted molar refractivity (Wildman–Crippen MR) is 84.5 cm³/mol. The van der Waals surface area contributed by atoms with Crippen molar-refractivity contribution >= 4 is 43.5 Å². The van der Waals surface area contributed by atoms with E-state index < -0.39 is 16.0 Å². The molecule has 0 radical (unpaired) electrons. The molecule has 1 aromatic carbocycles. The monoisotopic (exact) mass is 398 g/mol. The number of hydrogen-bond acceptors (Lipinski definition) is 4. The standard InChI is InChI=1S/C12H16BrClN2O4S/c1-16(2)5-3-4-15-21(19,20)8-6-9(12(17)18)11(14)10(13)7-8/h6-7,15H,3-5H2,1-2H3,(H,17,18). The molecule has 6 nitrogen and oxygen atoms in total. The van der Waals surface area contributed by atoms with Crippen LogP contribution in [0.25, 0.3) is 0 Å². The Hall–Kier alpha value is -0.670. The van der Waals surface area contributed by atoms with Gasteiger partial charge in [0, 0.05) is 11.0 Å². The molecular formula is C12H16BrClN2O4S. The van der Waals surface area contributed by atoms with E-state index in [9.17, 15) is 13.2 Å². The zero-order valence-electron chi connectivity index (χ0n) is 11.6. The van der Waals surface area contributed by atoms with Crippen LogP contribution in [-0.2, 0) is 10.0 Å². The van der Waals surface area contributed by atoms with Gasteiger partial charge in [-0.25, -0.2) is 17.9 Å². The molecule has 1 aromatic rings. The summed E-state index contributed by atoms with van der Waals surface area (Å²) in [5, 5.41) is 9.00. The first-order chi connectivity index (χ1) is 9.65. The fraction of sp³-hybridized carbons (Fsp3) is 0.417. The van der Waals surface area contributed by atoms with E-state index in [0.717, 1.165) is 12.6 Å². The molecule has 21 heavy (non-hydrogen) atoms. The highest BCUT2D eigenvalue weighted by Gasteiger charge is 2.20. The smallest absolute Gasteiger partial charge is 0.337 e. The number of carbonyl (C=O) groups is 1. The van der Waals surface area contributed by atoms with Crippen LogP contribution in [0.4, 0.5) is 0 Å². The highest BCUT2D eigenvalue weighted by Crippen LogP contribution is 2.29. The first-order valence-electron chi connectivity index (χ1n) is 6.02. The lowest BCUT2D eigenvalue weighted by Gasteiger charge is -2.11. The van der Waals surface area contributed by atoms with Crippen LogP contribution in [0.2, 0.25) is 5.02 Å². The third-order valence-corrected chi connectivity index (χ3v) is 5.32. The molecule has 118 valence electrons. The number of carboxylic acid groups (broad SMARTS) is 1. The summed E-state index contributed by atoms with van der Waals surface area (Å²) in [5.41, 5.74) is -0.264. The van der Waals surface area contributed by atoms with Gasteiger partial charge < -0.3 is 10.0 Å². The molecule has 0 aliphatic carbocycles. The Bertz CT molecular complexity index is 634. The molecule has 2 N–H and O–H groups in total. The van der Waals surface area contributed by atoms with Crippen LogP contribution in [0.1, 0.15) is 16.8 Å². The summed E-state index contributed by atoms with van der Waals surface area (Å²) in [6, 6.07) is 2.33. The number of nitrogens with zero attached hydrogens (tertiary/aromatic N) is 1. The number of sulfonamides is 1. The van der Waals surface area contributed by atoms with Gasteiger partial charge in [0.25, 0.3) is 0 Å². The fourth-order valence-corrected chi connectivity index (χ4v) is 3.49. The van der Waals surface area contributed by atoms with Gasteiger partial charge >= 0.3 is 5.97 Å². The number of halogens is 2. The van der Waals surface area contributed by atoms with Crippen LogP contribution in [-0.4, -0.2) is 51.6 Å². The number of carboxylic acids is 1. The van der Waals surface area contributed by atoms with E-state index in [1.165, 1.54) is 6.07 Å². The first-order valence-corrected chi connectivity index (χ1v) is 8.67. The van der Waals surface area contributed by atoms with Crippen LogP contribution >= 0.6 is 27.5 Å². The van der Waals surface area contributed by atoms with Crippen LogP contribution in [0.15, 0.2) is 21.5 Å². The topological polar surface area (TPSA) is 86.7 Å². The number of rotatable bonds is 7. The molecule has 1 rings (SSSR count). The van der Waals surface area contributed by atoms with Crippen molar-refractivity contribution in [1.82, 2.24) is 9.62 Å². The Morgan fingerprint density at radius 1 is 1.43 bits per heavy atom. The van der Waals surface area contributed by atoms with Crippen molar-refractivity contribution in [3.8, 4) is 0 Å². The van der Waals surface area contributed by atoms with E-state index in [4.69, 9.17) is 16.7 Å². The van der Waals surface area contributed by atoms with Crippen molar-refractivity contribution in [3.63, 3.8) is 0 Å². The minimum Gasteiger partial charge on any atom is -0.478 e. The first kappa shape index (κ1) is 18.4. The van der Waals surface area contributed by atoms with Gasteiger partial charge in [0.15, 0.2) is 0 Å². The van der Waals surface area contributed by atoms with Crippen molar-refractivity contribution in [2.24, 2.45) is 0 Å². The van der Waals surface area contributed by atoms with Gasteiger partial charge in [-0.15, -0.1) is 0 Å². The molecule has 0 bridgehead atoms. The highest BCUT2D eigenvalue weighted by molar-refractivity contribution is 9.10. The van der Waals surface area contributed by atoms with E-state index in [2.05, 4.69) is 20.7 Å². The molecule has 0 aliphatic heterocycles. The van der Waals surface area contributed by atoms with Gasteiger partial charge in [0.05, 0.1) is 15.5 Å². The van der Waals surface area contributed by atoms with Crippen LogP contribution in [0, 0.1) is 0 Å². The number of hydrogen-bond donors (Lipinski definition) is 2. The normalized spacial score (nSPS) is 11.9. The van der Waals surface area contributed by atoms with E-state index in [0.29, 0.717) is 6.42 Å². The summed E-state index contributed by atoms with van der Waals surface area (Å²) in [6.45, 7) is 1.01. The minimum atomic E-state index is -3.77. The summed E-state index contributed by atoms with van der Waals surface area (Å²) in [5.74, 6) is -1.29. The Balaban J connectivity index is 2.96. The number of aromatic carboxylic acids is 1. The maximum Gasteiger partial charge on any atom is 0.337 e. The Kier molecular flexibility index (Phi) is 6.61. The maximum absolute atomic E-state index is 12.1. The fourth-order valence-electron chi connectivity index (χ4n) is 1.56. The Morgan fingerprint density at radius 3 is 2.57 bits per heavy atom. The summed E-state index contributed by atoms with van der Waals surface area (Å²) >= 11 is 8.89. The maximum atomic E-state index is 12.1. The lowest BCUT2D eigenvalue weighted by Crippen LogP contribution is -2.27. The molecule has 0 saturated carbocycles. The summed E-state index contributed by atoms with van der Waals surface area (Å²) in [6.07, 6.45) is 0.646. The Morgan fingerprint density at radius 2 is 2.05 bits per heavy atom. The molecule has 9 heteroatoms. The molecule has 0 aromatic heterocycles. The van der Waals surface area contributed by atoms with Crippen molar-refractivity contribution in [2.75, 3.05) is 27.2 Å². The van der Waals surface area contributed by atoms with Gasteiger partial charge in [0.1, 0.15) is 0 Å². The zero-order valence-corrected chi connectivity index (χ0v) is 14.7. The Labute approximate surface area is 137 Å². The van der Waals surface area contributed by atoms with E-state index in [-0.39, 0.29) is 26.5 Å². The predicted octanol–water partition coefficient (Wildman–Crippen LogP) is 2.03. The van der Waals surface area contributed by atoms with Gasteiger partial charge in [-0.05, 0) is 55.1 Å². The molecule has 0 spiro atoms. The van der Waals surface area contributed by atoms with Crippen LogP contribution in [0.3, 0.4) is 0 Å². The second kappa shape index (κ2) is 7.55. The molecule has 0 fully saturated rings. The lowest BCUT2D eigenvalue weighted by molar-refractivity contribution is 0.0696. The minimum absolute atomic E-state index is 0.0333. The third-order valence-electron chi connectivity index (χ3n) is 2.62. The quantitative estimate of drug-likeness (QED) is 0.685. The number of benzene rings is 1. The second-order valence-corrected chi connectivity index (χ2v) is 7.63. The van der Waals surface area contributed by atoms with Gasteiger partial charge in [-0.3, -0.25) is 0 Å². The summed E-state index contributed by atoms with van der Waals surface area (Å²) < 4.78 is 26.9. The van der Waals surface area contributed by atoms with Gasteiger partial charge in [-0.2, -0.15) is 0 Å². The zero-order chi connectivity index (χ0) is 16.2. The number of nitrogens with one attached hydrogen (secondary N) is 1. The third kappa shape index (κ3) is 5.23. The molecular weight excluding hydrogens is 384 g/mol.